The van der Waals surface area contributed by atoms with Crippen LogP contribution in [0.3, 0.4) is 0 Å². The Balaban J connectivity index is 1.63. The van der Waals surface area contributed by atoms with Crippen LogP contribution >= 0.6 is 23.2 Å². The van der Waals surface area contributed by atoms with Gasteiger partial charge in [-0.1, -0.05) is 28.4 Å². The first-order valence-electron chi connectivity index (χ1n) is 7.24. The normalized spacial score (nSPS) is 11.3. The third-order valence-corrected chi connectivity index (χ3v) is 4.54. The average molecular weight is 359 g/mol. The van der Waals surface area contributed by atoms with Gasteiger partial charge in [-0.15, -0.1) is 5.10 Å². The van der Waals surface area contributed by atoms with Gasteiger partial charge in [-0.05, 0) is 30.2 Å². The quantitative estimate of drug-likeness (QED) is 0.560. The fraction of sp³-hybridized carbons (Fsp3) is 0.125. The lowest BCUT2D eigenvalue weighted by molar-refractivity contribution is 0.649. The SMILES string of the molecule is Cc1c(Cl)cc(Cn2cc(-c3cn4ccncc4n3)nn2)cc1Cl. The van der Waals surface area contributed by atoms with Crippen molar-refractivity contribution in [1.29, 1.82) is 0 Å². The molecule has 0 radical (unpaired) electrons. The highest BCUT2D eigenvalue weighted by Gasteiger charge is 2.10. The minimum absolute atomic E-state index is 0.529. The third-order valence-electron chi connectivity index (χ3n) is 3.75. The van der Waals surface area contributed by atoms with Crippen LogP contribution in [0.1, 0.15) is 11.1 Å². The van der Waals surface area contributed by atoms with Crippen LogP contribution in [0.15, 0.2) is 43.1 Å². The molecule has 0 saturated heterocycles. The topological polar surface area (TPSA) is 60.9 Å². The summed E-state index contributed by atoms with van der Waals surface area (Å²) < 4.78 is 3.62. The molecule has 6 nitrogen and oxygen atoms in total. The monoisotopic (exact) mass is 358 g/mol. The third kappa shape index (κ3) is 2.74. The van der Waals surface area contributed by atoms with E-state index in [1.807, 2.05) is 42.0 Å². The van der Waals surface area contributed by atoms with Gasteiger partial charge in [0.05, 0.1) is 18.9 Å². The highest BCUT2D eigenvalue weighted by atomic mass is 35.5. The van der Waals surface area contributed by atoms with Crippen molar-refractivity contribution in [2.24, 2.45) is 0 Å². The molecular formula is C16H12Cl2N6. The molecule has 0 amide bonds. The van der Waals surface area contributed by atoms with Crippen LogP contribution in [0.4, 0.5) is 0 Å². The van der Waals surface area contributed by atoms with E-state index in [0.717, 1.165) is 22.5 Å². The van der Waals surface area contributed by atoms with E-state index in [2.05, 4.69) is 20.3 Å². The summed E-state index contributed by atoms with van der Waals surface area (Å²) in [7, 11) is 0. The fourth-order valence-corrected chi connectivity index (χ4v) is 2.97. The highest BCUT2D eigenvalue weighted by Crippen LogP contribution is 2.26. The zero-order valence-corrected chi connectivity index (χ0v) is 14.2. The lowest BCUT2D eigenvalue weighted by Gasteiger charge is -2.06. The summed E-state index contributed by atoms with van der Waals surface area (Å²) >= 11 is 12.4. The predicted octanol–water partition coefficient (Wildman–Crippen LogP) is 3.65. The van der Waals surface area contributed by atoms with Crippen molar-refractivity contribution in [2.75, 3.05) is 0 Å². The van der Waals surface area contributed by atoms with Crippen molar-refractivity contribution in [2.45, 2.75) is 13.5 Å². The molecule has 0 fully saturated rings. The Bertz CT molecular complexity index is 980. The van der Waals surface area contributed by atoms with E-state index >= 15 is 0 Å². The first-order chi connectivity index (χ1) is 11.6. The van der Waals surface area contributed by atoms with Crippen LogP contribution < -0.4 is 0 Å². The summed E-state index contributed by atoms with van der Waals surface area (Å²) in [5, 5.41) is 9.63. The predicted molar refractivity (Wildman–Crippen MR) is 92.3 cm³/mol. The first-order valence-corrected chi connectivity index (χ1v) is 7.99. The average Bonchev–Trinajstić information content (AvgIpc) is 3.18. The van der Waals surface area contributed by atoms with E-state index in [1.54, 1.807) is 17.1 Å². The Kier molecular flexibility index (Phi) is 3.70. The summed E-state index contributed by atoms with van der Waals surface area (Å²) in [6, 6.07) is 3.78. The highest BCUT2D eigenvalue weighted by molar-refractivity contribution is 6.36. The van der Waals surface area contributed by atoms with Crippen molar-refractivity contribution in [3.8, 4) is 11.4 Å². The summed E-state index contributed by atoms with van der Waals surface area (Å²) in [6.07, 6.45) is 8.98. The second kappa shape index (κ2) is 5.89. The Morgan fingerprint density at radius 2 is 1.88 bits per heavy atom. The van der Waals surface area contributed by atoms with Crippen LogP contribution in [-0.2, 0) is 6.54 Å². The number of aromatic nitrogens is 6. The van der Waals surface area contributed by atoms with E-state index in [9.17, 15) is 0 Å². The molecule has 3 heterocycles. The van der Waals surface area contributed by atoms with Crippen LogP contribution in [0.25, 0.3) is 17.0 Å². The Morgan fingerprint density at radius 3 is 2.62 bits per heavy atom. The van der Waals surface area contributed by atoms with Crippen molar-refractivity contribution < 1.29 is 0 Å². The van der Waals surface area contributed by atoms with Gasteiger partial charge in [-0.3, -0.25) is 4.98 Å². The number of halogens is 2. The molecule has 0 saturated carbocycles. The maximum Gasteiger partial charge on any atom is 0.156 e. The summed E-state index contributed by atoms with van der Waals surface area (Å²) in [5.74, 6) is 0. The molecule has 1 aromatic carbocycles. The summed E-state index contributed by atoms with van der Waals surface area (Å²) in [4.78, 5) is 8.54. The Morgan fingerprint density at radius 1 is 1.08 bits per heavy atom. The number of fused-ring (bicyclic) bond motifs is 1. The maximum absolute atomic E-state index is 6.18. The number of hydrogen-bond donors (Lipinski definition) is 0. The second-order valence-electron chi connectivity index (χ2n) is 5.45. The van der Waals surface area contributed by atoms with Crippen molar-refractivity contribution >= 4 is 28.8 Å². The minimum atomic E-state index is 0.529. The lowest BCUT2D eigenvalue weighted by atomic mass is 10.1. The van der Waals surface area contributed by atoms with Gasteiger partial charge in [-0.25, -0.2) is 9.67 Å². The standard InChI is InChI=1S/C16H12Cl2N6/c1-10-12(17)4-11(5-13(10)18)7-24-9-15(21-22-24)14-8-23-3-2-19-6-16(23)20-14/h2-6,8-9H,7H2,1H3. The molecule has 0 aliphatic heterocycles. The molecule has 4 rings (SSSR count). The van der Waals surface area contributed by atoms with Crippen LogP contribution in [0, 0.1) is 6.92 Å². The lowest BCUT2D eigenvalue weighted by Crippen LogP contribution is -2.01. The van der Waals surface area contributed by atoms with Crippen molar-refractivity contribution in [1.82, 2.24) is 29.4 Å². The van der Waals surface area contributed by atoms with E-state index in [-0.39, 0.29) is 0 Å². The van der Waals surface area contributed by atoms with Gasteiger partial charge in [0.15, 0.2) is 5.65 Å². The molecule has 0 unspecified atom stereocenters. The first kappa shape index (κ1) is 15.1. The largest absolute Gasteiger partial charge is 0.304 e. The van der Waals surface area contributed by atoms with Crippen molar-refractivity contribution in [3.05, 3.63) is 64.3 Å². The van der Waals surface area contributed by atoms with E-state index in [4.69, 9.17) is 23.2 Å². The molecule has 8 heteroatoms. The Hall–Kier alpha value is -2.44. The fourth-order valence-electron chi connectivity index (χ4n) is 2.44. The van der Waals surface area contributed by atoms with Gasteiger partial charge < -0.3 is 4.40 Å². The molecule has 24 heavy (non-hydrogen) atoms. The maximum atomic E-state index is 6.18. The van der Waals surface area contributed by atoms with Gasteiger partial charge in [0, 0.05) is 28.6 Å². The van der Waals surface area contributed by atoms with E-state index < -0.39 is 0 Å². The van der Waals surface area contributed by atoms with Gasteiger partial charge >= 0.3 is 0 Å². The van der Waals surface area contributed by atoms with E-state index in [1.165, 1.54) is 0 Å². The molecule has 0 N–H and O–H groups in total. The van der Waals surface area contributed by atoms with Gasteiger partial charge in [0.1, 0.15) is 11.4 Å². The molecule has 0 bridgehead atoms. The molecule has 120 valence electrons. The summed E-state index contributed by atoms with van der Waals surface area (Å²) in [6.45, 7) is 2.42. The van der Waals surface area contributed by atoms with Gasteiger partial charge in [0.2, 0.25) is 0 Å². The molecule has 3 aromatic heterocycles. The molecule has 0 spiro atoms. The minimum Gasteiger partial charge on any atom is -0.304 e. The summed E-state index contributed by atoms with van der Waals surface area (Å²) in [5.41, 5.74) is 4.04. The molecule has 0 atom stereocenters. The van der Waals surface area contributed by atoms with Crippen molar-refractivity contribution in [3.63, 3.8) is 0 Å². The molecule has 4 aromatic rings. The van der Waals surface area contributed by atoms with Gasteiger partial charge in [0.25, 0.3) is 0 Å². The number of imidazole rings is 1. The molecule has 0 aliphatic carbocycles. The van der Waals surface area contributed by atoms with Crippen LogP contribution in [-0.4, -0.2) is 29.4 Å². The van der Waals surface area contributed by atoms with Gasteiger partial charge in [-0.2, -0.15) is 0 Å². The van der Waals surface area contributed by atoms with Crippen LogP contribution in [0.5, 0.6) is 0 Å². The number of nitrogens with zero attached hydrogens (tertiary/aromatic N) is 6. The zero-order chi connectivity index (χ0) is 16.7. The number of hydrogen-bond acceptors (Lipinski definition) is 4. The smallest absolute Gasteiger partial charge is 0.156 e. The molecular weight excluding hydrogens is 347 g/mol. The van der Waals surface area contributed by atoms with Crippen LogP contribution in [0.2, 0.25) is 10.0 Å². The Labute approximate surface area is 147 Å². The molecule has 0 aliphatic rings. The second-order valence-corrected chi connectivity index (χ2v) is 6.27. The van der Waals surface area contributed by atoms with E-state index in [0.29, 0.717) is 22.3 Å². The number of benzene rings is 1. The number of rotatable bonds is 3. The zero-order valence-electron chi connectivity index (χ0n) is 12.7.